The van der Waals surface area contributed by atoms with Gasteiger partial charge in [0, 0.05) is 13.1 Å². The minimum absolute atomic E-state index is 0.441. The van der Waals surface area contributed by atoms with Gasteiger partial charge >= 0.3 is 0 Å². The van der Waals surface area contributed by atoms with E-state index in [9.17, 15) is 8.42 Å². The first-order valence-corrected chi connectivity index (χ1v) is 9.31. The molecule has 1 saturated carbocycles. The second-order valence-corrected chi connectivity index (χ2v) is 7.56. The Bertz CT molecular complexity index is 564. The number of aryl methyl sites for hydroxylation is 1. The summed E-state index contributed by atoms with van der Waals surface area (Å²) in [7, 11) is -1.55. The van der Waals surface area contributed by atoms with Gasteiger partial charge in [-0.2, -0.15) is 0 Å². The highest BCUT2D eigenvalue weighted by Gasteiger charge is 2.21. The average Bonchev–Trinajstić information content (AvgIpc) is 2.99. The van der Waals surface area contributed by atoms with Crippen LogP contribution in [0.2, 0.25) is 0 Å². The molecule has 2 rings (SSSR count). The topological polar surface area (TPSA) is 58.2 Å². The molecule has 1 fully saturated rings. The predicted octanol–water partition coefficient (Wildman–Crippen LogP) is 2.44. The van der Waals surface area contributed by atoms with E-state index < -0.39 is 10.0 Å². The van der Waals surface area contributed by atoms with E-state index in [0.717, 1.165) is 30.4 Å². The average molecular weight is 310 g/mol. The second-order valence-electron chi connectivity index (χ2n) is 5.83. The van der Waals surface area contributed by atoms with E-state index in [1.165, 1.54) is 12.8 Å². The van der Waals surface area contributed by atoms with Gasteiger partial charge < -0.3 is 5.32 Å². The number of rotatable bonds is 7. The van der Waals surface area contributed by atoms with Crippen LogP contribution in [0.25, 0.3) is 0 Å². The predicted molar refractivity (Wildman–Crippen MR) is 85.7 cm³/mol. The third-order valence-electron chi connectivity index (χ3n) is 4.22. The van der Waals surface area contributed by atoms with Gasteiger partial charge in [-0.1, -0.05) is 31.9 Å². The van der Waals surface area contributed by atoms with Crippen molar-refractivity contribution in [1.29, 1.82) is 0 Å². The number of hydrogen-bond donors (Lipinski definition) is 2. The second kappa shape index (κ2) is 7.38. The highest BCUT2D eigenvalue weighted by molar-refractivity contribution is 7.89. The summed E-state index contributed by atoms with van der Waals surface area (Å²) < 4.78 is 28.0. The van der Waals surface area contributed by atoms with Crippen LogP contribution in [0.5, 0.6) is 0 Å². The Morgan fingerprint density at radius 1 is 1.24 bits per heavy atom. The molecule has 0 saturated heterocycles. The summed E-state index contributed by atoms with van der Waals surface area (Å²) in [5.74, 6) is 0.505. The molecule has 4 nitrogen and oxygen atoms in total. The SMILES string of the molecule is CCc1ccc(CNC)cc1S(=O)(=O)NCC1CCCC1. The maximum absolute atomic E-state index is 12.6. The zero-order valence-corrected chi connectivity index (χ0v) is 13.8. The maximum atomic E-state index is 12.6. The molecule has 118 valence electrons. The molecule has 5 heteroatoms. The number of sulfonamides is 1. The van der Waals surface area contributed by atoms with Crippen molar-refractivity contribution < 1.29 is 8.42 Å². The minimum atomic E-state index is -3.41. The van der Waals surface area contributed by atoms with Crippen LogP contribution in [0.1, 0.15) is 43.7 Å². The Morgan fingerprint density at radius 2 is 1.95 bits per heavy atom. The van der Waals surface area contributed by atoms with Gasteiger partial charge in [-0.15, -0.1) is 0 Å². The van der Waals surface area contributed by atoms with Gasteiger partial charge in [0.15, 0.2) is 0 Å². The molecule has 1 aliphatic carbocycles. The summed E-state index contributed by atoms with van der Waals surface area (Å²) in [5.41, 5.74) is 1.88. The lowest BCUT2D eigenvalue weighted by Gasteiger charge is -2.14. The Hall–Kier alpha value is -0.910. The molecule has 0 spiro atoms. The summed E-state index contributed by atoms with van der Waals surface area (Å²) in [6, 6.07) is 5.72. The maximum Gasteiger partial charge on any atom is 0.240 e. The fraction of sp³-hybridized carbons (Fsp3) is 0.625. The molecular weight excluding hydrogens is 284 g/mol. The van der Waals surface area contributed by atoms with Gasteiger partial charge in [0.1, 0.15) is 0 Å². The van der Waals surface area contributed by atoms with E-state index in [4.69, 9.17) is 0 Å². The molecule has 0 unspecified atom stereocenters. The van der Waals surface area contributed by atoms with Crippen LogP contribution in [0.15, 0.2) is 23.1 Å². The molecule has 0 atom stereocenters. The summed E-state index contributed by atoms with van der Waals surface area (Å²) in [5, 5.41) is 3.06. The normalized spacial score (nSPS) is 16.5. The minimum Gasteiger partial charge on any atom is -0.316 e. The van der Waals surface area contributed by atoms with Crippen molar-refractivity contribution in [3.63, 3.8) is 0 Å². The first-order chi connectivity index (χ1) is 10.1. The van der Waals surface area contributed by atoms with Gasteiger partial charge in [-0.3, -0.25) is 0 Å². The standard InChI is InChI=1S/C16H26N2O2S/c1-3-15-9-8-14(11-17-2)10-16(15)21(19,20)18-12-13-6-4-5-7-13/h8-10,13,17-18H,3-7,11-12H2,1-2H3. The lowest BCUT2D eigenvalue weighted by Crippen LogP contribution is -2.29. The highest BCUT2D eigenvalue weighted by atomic mass is 32.2. The Labute approximate surface area is 128 Å². The van der Waals surface area contributed by atoms with Crippen LogP contribution in [-0.4, -0.2) is 22.0 Å². The Morgan fingerprint density at radius 3 is 2.57 bits per heavy atom. The third kappa shape index (κ3) is 4.28. The highest BCUT2D eigenvalue weighted by Crippen LogP contribution is 2.25. The van der Waals surface area contributed by atoms with Crippen molar-refractivity contribution in [2.24, 2.45) is 5.92 Å². The molecule has 21 heavy (non-hydrogen) atoms. The van der Waals surface area contributed by atoms with E-state index in [1.54, 1.807) is 6.07 Å². The lowest BCUT2D eigenvalue weighted by molar-refractivity contribution is 0.519. The first kappa shape index (κ1) is 16.5. The van der Waals surface area contributed by atoms with Crippen LogP contribution < -0.4 is 10.0 Å². The van der Waals surface area contributed by atoms with Gasteiger partial charge in [0.25, 0.3) is 0 Å². The fourth-order valence-corrected chi connectivity index (χ4v) is 4.45. The number of benzene rings is 1. The van der Waals surface area contributed by atoms with Crippen LogP contribution in [-0.2, 0) is 23.0 Å². The van der Waals surface area contributed by atoms with Gasteiger partial charge in [0.05, 0.1) is 4.90 Å². The zero-order valence-electron chi connectivity index (χ0n) is 13.0. The van der Waals surface area contributed by atoms with Gasteiger partial charge in [-0.05, 0) is 49.4 Å². The van der Waals surface area contributed by atoms with Crippen LogP contribution in [0.4, 0.5) is 0 Å². The fourth-order valence-electron chi connectivity index (χ4n) is 2.98. The van der Waals surface area contributed by atoms with E-state index in [2.05, 4.69) is 10.0 Å². The molecule has 1 aliphatic rings. The van der Waals surface area contributed by atoms with E-state index in [-0.39, 0.29) is 0 Å². The molecule has 0 amide bonds. The molecule has 0 aromatic heterocycles. The van der Waals surface area contributed by atoms with E-state index in [1.807, 2.05) is 26.1 Å². The summed E-state index contributed by atoms with van der Waals surface area (Å²) in [6.07, 6.45) is 5.46. The van der Waals surface area contributed by atoms with E-state index in [0.29, 0.717) is 23.9 Å². The Balaban J connectivity index is 2.18. The van der Waals surface area contributed by atoms with Crippen molar-refractivity contribution in [2.75, 3.05) is 13.6 Å². The summed E-state index contributed by atoms with van der Waals surface area (Å²) in [6.45, 7) is 3.24. The van der Waals surface area contributed by atoms with Crippen molar-refractivity contribution in [3.05, 3.63) is 29.3 Å². The van der Waals surface area contributed by atoms with Gasteiger partial charge in [-0.25, -0.2) is 13.1 Å². The molecule has 0 bridgehead atoms. The third-order valence-corrected chi connectivity index (χ3v) is 5.73. The smallest absolute Gasteiger partial charge is 0.240 e. The van der Waals surface area contributed by atoms with Crippen molar-refractivity contribution in [3.8, 4) is 0 Å². The van der Waals surface area contributed by atoms with Crippen molar-refractivity contribution in [1.82, 2.24) is 10.0 Å². The molecule has 0 radical (unpaired) electrons. The van der Waals surface area contributed by atoms with Gasteiger partial charge in [0.2, 0.25) is 10.0 Å². The summed E-state index contributed by atoms with van der Waals surface area (Å²) >= 11 is 0. The van der Waals surface area contributed by atoms with Crippen LogP contribution in [0, 0.1) is 5.92 Å². The molecule has 1 aromatic rings. The zero-order chi connectivity index (χ0) is 15.3. The molecule has 0 aliphatic heterocycles. The molecule has 1 aromatic carbocycles. The van der Waals surface area contributed by atoms with E-state index >= 15 is 0 Å². The number of nitrogens with one attached hydrogen (secondary N) is 2. The monoisotopic (exact) mass is 310 g/mol. The quantitative estimate of drug-likeness (QED) is 0.813. The molecule has 0 heterocycles. The Kier molecular flexibility index (Phi) is 5.79. The molecule has 2 N–H and O–H groups in total. The van der Waals surface area contributed by atoms with Crippen molar-refractivity contribution >= 4 is 10.0 Å². The summed E-state index contributed by atoms with van der Waals surface area (Å²) in [4.78, 5) is 0.441. The number of hydrogen-bond acceptors (Lipinski definition) is 3. The van der Waals surface area contributed by atoms with Crippen LogP contribution >= 0.6 is 0 Å². The first-order valence-electron chi connectivity index (χ1n) is 7.83. The largest absolute Gasteiger partial charge is 0.316 e. The van der Waals surface area contributed by atoms with Crippen LogP contribution in [0.3, 0.4) is 0 Å². The lowest BCUT2D eigenvalue weighted by atomic mass is 10.1. The van der Waals surface area contributed by atoms with Crippen molar-refractivity contribution in [2.45, 2.75) is 50.5 Å². The molecular formula is C16H26N2O2S.